The molecule has 0 fully saturated rings. The number of esters is 1. The van der Waals surface area contributed by atoms with Gasteiger partial charge >= 0.3 is 11.6 Å². The number of hydrogen-bond acceptors (Lipinski definition) is 7. The van der Waals surface area contributed by atoms with Gasteiger partial charge < -0.3 is 24.4 Å². The molecule has 0 radical (unpaired) electrons. The largest absolute Gasteiger partial charge is 0.497 e. The molecule has 7 nitrogen and oxygen atoms in total. The lowest BCUT2D eigenvalue weighted by Gasteiger charge is -2.27. The van der Waals surface area contributed by atoms with E-state index in [2.05, 4.69) is 0 Å². The Bertz CT molecular complexity index is 1160. The number of fused-ring (bicyclic) bond motifs is 3. The van der Waals surface area contributed by atoms with Crippen LogP contribution in [0.3, 0.4) is 0 Å². The maximum atomic E-state index is 12.9. The number of methoxy groups -OCH3 is 2. The summed E-state index contributed by atoms with van der Waals surface area (Å²) in [6.45, 7) is 0. The molecule has 0 saturated heterocycles. The standard InChI is InChI=1S/C21H17NO6/c1-25-12-9-7-11(8-10-12)15-16-18(28-19(22)17(15)20(23)26-2)13-5-3-4-6-14(13)27-21(16)24/h3-10,15H,22H2,1-2H3/t15-/m1/s1. The van der Waals surface area contributed by atoms with Gasteiger partial charge in [0, 0.05) is 0 Å². The minimum absolute atomic E-state index is 0.0442. The van der Waals surface area contributed by atoms with Gasteiger partial charge in [-0.3, -0.25) is 0 Å². The third-order valence-corrected chi connectivity index (χ3v) is 4.71. The van der Waals surface area contributed by atoms with Crippen LogP contribution in [0.15, 0.2) is 69.2 Å². The maximum Gasteiger partial charge on any atom is 0.344 e. The molecule has 2 aromatic carbocycles. The molecule has 0 unspecified atom stereocenters. The van der Waals surface area contributed by atoms with Gasteiger partial charge in [-0.2, -0.15) is 0 Å². The molecule has 1 aliphatic rings. The van der Waals surface area contributed by atoms with Crippen molar-refractivity contribution in [3.63, 3.8) is 0 Å². The summed E-state index contributed by atoms with van der Waals surface area (Å²) in [4.78, 5) is 25.3. The number of carbonyl (C=O) groups is 1. The molecule has 1 aromatic heterocycles. The first-order valence-corrected chi connectivity index (χ1v) is 8.50. The normalized spacial score (nSPS) is 15.7. The van der Waals surface area contributed by atoms with Crippen molar-refractivity contribution >= 4 is 16.9 Å². The number of ether oxygens (including phenoxy) is 3. The predicted molar refractivity (Wildman–Crippen MR) is 101 cm³/mol. The van der Waals surface area contributed by atoms with Gasteiger partial charge in [-0.15, -0.1) is 0 Å². The molecule has 2 heterocycles. The highest BCUT2D eigenvalue weighted by atomic mass is 16.5. The predicted octanol–water partition coefficient (Wildman–Crippen LogP) is 2.67. The van der Waals surface area contributed by atoms with E-state index in [4.69, 9.17) is 24.4 Å². The Balaban J connectivity index is 2.03. The van der Waals surface area contributed by atoms with Crippen molar-refractivity contribution in [2.45, 2.75) is 5.92 Å². The van der Waals surface area contributed by atoms with Crippen LogP contribution in [0.4, 0.5) is 0 Å². The fourth-order valence-electron chi connectivity index (χ4n) is 3.40. The van der Waals surface area contributed by atoms with E-state index >= 15 is 0 Å². The molecule has 0 bridgehead atoms. The van der Waals surface area contributed by atoms with Gasteiger partial charge in [0.05, 0.1) is 31.1 Å². The summed E-state index contributed by atoms with van der Waals surface area (Å²) in [6.07, 6.45) is 0. The lowest BCUT2D eigenvalue weighted by molar-refractivity contribution is -0.136. The van der Waals surface area contributed by atoms with Crippen molar-refractivity contribution in [1.82, 2.24) is 0 Å². The van der Waals surface area contributed by atoms with Crippen LogP contribution in [0.5, 0.6) is 11.5 Å². The fourth-order valence-corrected chi connectivity index (χ4v) is 3.40. The number of nitrogens with two attached hydrogens (primary N) is 1. The molecule has 2 N–H and O–H groups in total. The first-order valence-electron chi connectivity index (χ1n) is 8.50. The molecule has 0 amide bonds. The average molecular weight is 379 g/mol. The van der Waals surface area contributed by atoms with E-state index in [1.165, 1.54) is 7.11 Å². The van der Waals surface area contributed by atoms with Crippen molar-refractivity contribution in [3.8, 4) is 11.5 Å². The Morgan fingerprint density at radius 3 is 2.46 bits per heavy atom. The van der Waals surface area contributed by atoms with Crippen LogP contribution in [-0.2, 0) is 9.53 Å². The van der Waals surface area contributed by atoms with Gasteiger partial charge in [-0.1, -0.05) is 24.3 Å². The second kappa shape index (κ2) is 6.77. The molecule has 0 spiro atoms. The zero-order valence-electron chi connectivity index (χ0n) is 15.2. The summed E-state index contributed by atoms with van der Waals surface area (Å²) in [7, 11) is 2.80. The van der Waals surface area contributed by atoms with Crippen molar-refractivity contribution in [3.05, 3.63) is 81.5 Å². The molecule has 4 rings (SSSR count). The minimum Gasteiger partial charge on any atom is -0.497 e. The van der Waals surface area contributed by atoms with Crippen LogP contribution in [0, 0.1) is 0 Å². The number of benzene rings is 2. The van der Waals surface area contributed by atoms with Crippen LogP contribution in [0.25, 0.3) is 11.0 Å². The smallest absolute Gasteiger partial charge is 0.344 e. The van der Waals surface area contributed by atoms with Gasteiger partial charge in [-0.05, 0) is 29.8 Å². The number of rotatable bonds is 3. The lowest BCUT2D eigenvalue weighted by Crippen LogP contribution is -2.30. The summed E-state index contributed by atoms with van der Waals surface area (Å²) in [5, 5.41) is 0.586. The molecule has 0 saturated carbocycles. The lowest BCUT2D eigenvalue weighted by atomic mass is 9.83. The van der Waals surface area contributed by atoms with Crippen LogP contribution in [0.2, 0.25) is 0 Å². The van der Waals surface area contributed by atoms with Gasteiger partial charge in [0.25, 0.3) is 0 Å². The van der Waals surface area contributed by atoms with E-state index in [1.54, 1.807) is 55.6 Å². The molecule has 142 valence electrons. The van der Waals surface area contributed by atoms with E-state index in [1.807, 2.05) is 0 Å². The Morgan fingerprint density at radius 2 is 1.79 bits per heavy atom. The Hall–Kier alpha value is -3.74. The Morgan fingerprint density at radius 1 is 1.07 bits per heavy atom. The Labute approximate surface area is 159 Å². The quantitative estimate of drug-likeness (QED) is 0.551. The molecule has 3 aromatic rings. The third kappa shape index (κ3) is 2.68. The highest BCUT2D eigenvalue weighted by molar-refractivity contribution is 5.94. The highest BCUT2D eigenvalue weighted by Gasteiger charge is 2.39. The molecule has 1 aliphatic heterocycles. The summed E-state index contributed by atoms with van der Waals surface area (Å²) in [5.74, 6) is -0.689. The van der Waals surface area contributed by atoms with Crippen molar-refractivity contribution in [2.24, 2.45) is 5.73 Å². The third-order valence-electron chi connectivity index (χ3n) is 4.71. The summed E-state index contributed by atoms with van der Waals surface area (Å²) in [5.41, 5.74) is 6.74. The first-order chi connectivity index (χ1) is 13.5. The van der Waals surface area contributed by atoms with Gasteiger partial charge in [0.2, 0.25) is 5.88 Å². The topological polar surface area (TPSA) is 101 Å². The number of carbonyl (C=O) groups excluding carboxylic acids is 1. The molecular formula is C21H17NO6. The monoisotopic (exact) mass is 379 g/mol. The SMILES string of the molecule is COC(=O)C1=C(N)Oc2c(c(=O)oc3ccccc23)[C@H]1c1ccc(OC)cc1. The fraction of sp³-hybridized carbons (Fsp3) is 0.143. The van der Waals surface area contributed by atoms with Crippen LogP contribution in [0.1, 0.15) is 17.0 Å². The second-order valence-corrected chi connectivity index (χ2v) is 6.21. The highest BCUT2D eigenvalue weighted by Crippen LogP contribution is 2.44. The van der Waals surface area contributed by atoms with Crippen LogP contribution >= 0.6 is 0 Å². The average Bonchev–Trinajstić information content (AvgIpc) is 2.72. The van der Waals surface area contributed by atoms with Gasteiger partial charge in [-0.25, -0.2) is 9.59 Å². The molecule has 1 atom stereocenters. The minimum atomic E-state index is -0.803. The molecule has 0 aliphatic carbocycles. The molecule has 28 heavy (non-hydrogen) atoms. The van der Waals surface area contributed by atoms with Crippen molar-refractivity contribution in [1.29, 1.82) is 0 Å². The van der Waals surface area contributed by atoms with Crippen molar-refractivity contribution in [2.75, 3.05) is 14.2 Å². The maximum absolute atomic E-state index is 12.9. The zero-order chi connectivity index (χ0) is 19.8. The number of para-hydroxylation sites is 1. The molecule has 7 heteroatoms. The Kier molecular flexibility index (Phi) is 4.27. The van der Waals surface area contributed by atoms with E-state index in [-0.39, 0.29) is 22.8 Å². The van der Waals surface area contributed by atoms with E-state index in [0.29, 0.717) is 22.3 Å². The van der Waals surface area contributed by atoms with E-state index < -0.39 is 17.5 Å². The van der Waals surface area contributed by atoms with Gasteiger partial charge in [0.1, 0.15) is 16.9 Å². The van der Waals surface area contributed by atoms with Crippen LogP contribution in [-0.4, -0.2) is 20.2 Å². The van der Waals surface area contributed by atoms with E-state index in [9.17, 15) is 9.59 Å². The summed E-state index contributed by atoms with van der Waals surface area (Å²) >= 11 is 0. The molecular weight excluding hydrogens is 362 g/mol. The van der Waals surface area contributed by atoms with Crippen LogP contribution < -0.4 is 20.8 Å². The first kappa shape index (κ1) is 17.7. The van der Waals surface area contributed by atoms with E-state index in [0.717, 1.165) is 0 Å². The van der Waals surface area contributed by atoms with Gasteiger partial charge in [0.15, 0.2) is 5.75 Å². The zero-order valence-corrected chi connectivity index (χ0v) is 15.2. The summed E-state index contributed by atoms with van der Waals surface area (Å²) in [6, 6.07) is 13.9. The summed E-state index contributed by atoms with van der Waals surface area (Å²) < 4.78 is 21.3. The second-order valence-electron chi connectivity index (χ2n) is 6.21. The van der Waals surface area contributed by atoms with Crippen molar-refractivity contribution < 1.29 is 23.4 Å². The number of hydrogen-bond donors (Lipinski definition) is 1.